The number of nitrogens with two attached hydrogens (primary N) is 1. The van der Waals surface area contributed by atoms with Gasteiger partial charge in [-0.2, -0.15) is 0 Å². The van der Waals surface area contributed by atoms with E-state index in [1.165, 1.54) is 4.90 Å². The third kappa shape index (κ3) is 3.44. The molecule has 0 fully saturated rings. The normalized spacial score (nSPS) is 13.2. The number of amides is 1. The largest absolute Gasteiger partial charge is 0.409 e. The van der Waals surface area contributed by atoms with E-state index in [1.54, 1.807) is 32.3 Å². The molecule has 0 saturated heterocycles. The summed E-state index contributed by atoms with van der Waals surface area (Å²) in [7, 11) is 1.67. The van der Waals surface area contributed by atoms with Gasteiger partial charge in [0, 0.05) is 31.4 Å². The smallest absolute Gasteiger partial charge is 0.255 e. The topological polar surface area (TPSA) is 91.8 Å². The summed E-state index contributed by atoms with van der Waals surface area (Å²) in [6.07, 6.45) is 1.54. The number of amidine groups is 1. The average molecular weight is 250 g/mol. The minimum Gasteiger partial charge on any atom is -0.409 e. The average Bonchev–Trinajstić information content (AvgIpc) is 2.37. The van der Waals surface area contributed by atoms with Crippen LogP contribution < -0.4 is 5.73 Å². The van der Waals surface area contributed by atoms with Gasteiger partial charge in [0.2, 0.25) is 0 Å². The van der Waals surface area contributed by atoms with Crippen molar-refractivity contribution in [3.63, 3.8) is 0 Å². The lowest BCUT2D eigenvalue weighted by Gasteiger charge is -2.20. The molecule has 0 radical (unpaired) electrons. The van der Waals surface area contributed by atoms with Crippen molar-refractivity contribution in [2.24, 2.45) is 16.8 Å². The first kappa shape index (κ1) is 14.0. The highest BCUT2D eigenvalue weighted by Gasteiger charge is 2.16. The SMILES string of the molecule is Cc1ccc(C(=O)N(C)CC(C)C(N)=NO)cn1. The predicted molar refractivity (Wildman–Crippen MR) is 68.5 cm³/mol. The van der Waals surface area contributed by atoms with Crippen LogP contribution >= 0.6 is 0 Å². The number of nitrogens with zero attached hydrogens (tertiary/aromatic N) is 3. The van der Waals surface area contributed by atoms with Crippen molar-refractivity contribution in [1.82, 2.24) is 9.88 Å². The van der Waals surface area contributed by atoms with Crippen LogP contribution in [-0.4, -0.2) is 40.4 Å². The molecule has 0 aliphatic rings. The van der Waals surface area contributed by atoms with Crippen LogP contribution in [0.2, 0.25) is 0 Å². The second kappa shape index (κ2) is 6.00. The molecule has 1 atom stereocenters. The van der Waals surface area contributed by atoms with Crippen molar-refractivity contribution in [3.05, 3.63) is 29.6 Å². The Labute approximate surface area is 106 Å². The van der Waals surface area contributed by atoms with Gasteiger partial charge in [-0.15, -0.1) is 0 Å². The molecule has 0 bridgehead atoms. The van der Waals surface area contributed by atoms with E-state index < -0.39 is 0 Å². The van der Waals surface area contributed by atoms with Crippen molar-refractivity contribution >= 4 is 11.7 Å². The number of rotatable bonds is 4. The van der Waals surface area contributed by atoms with Crippen LogP contribution in [0.15, 0.2) is 23.5 Å². The lowest BCUT2D eigenvalue weighted by molar-refractivity contribution is 0.0785. The Balaban J connectivity index is 2.70. The van der Waals surface area contributed by atoms with Crippen molar-refractivity contribution in [1.29, 1.82) is 0 Å². The van der Waals surface area contributed by atoms with Crippen LogP contribution in [0.1, 0.15) is 23.0 Å². The Hall–Kier alpha value is -2.11. The monoisotopic (exact) mass is 250 g/mol. The van der Waals surface area contributed by atoms with Gasteiger partial charge in [0.15, 0.2) is 0 Å². The maximum atomic E-state index is 12.0. The van der Waals surface area contributed by atoms with Crippen LogP contribution in [0, 0.1) is 12.8 Å². The van der Waals surface area contributed by atoms with Crippen LogP contribution in [0.3, 0.4) is 0 Å². The Kier molecular flexibility index (Phi) is 4.65. The number of aryl methyl sites for hydroxylation is 1. The molecule has 6 nitrogen and oxygen atoms in total. The Morgan fingerprint density at radius 3 is 2.78 bits per heavy atom. The summed E-state index contributed by atoms with van der Waals surface area (Å²) in [6.45, 7) is 4.02. The fourth-order valence-corrected chi connectivity index (χ4v) is 1.50. The molecule has 0 aromatic carbocycles. The molecular weight excluding hydrogens is 232 g/mol. The van der Waals surface area contributed by atoms with Gasteiger partial charge >= 0.3 is 0 Å². The Bertz CT molecular complexity index is 442. The second-order valence-corrected chi connectivity index (χ2v) is 4.30. The van der Waals surface area contributed by atoms with Gasteiger partial charge in [-0.3, -0.25) is 9.78 Å². The van der Waals surface area contributed by atoms with Gasteiger partial charge < -0.3 is 15.8 Å². The van der Waals surface area contributed by atoms with Crippen molar-refractivity contribution in [2.75, 3.05) is 13.6 Å². The number of hydrogen-bond donors (Lipinski definition) is 2. The maximum Gasteiger partial charge on any atom is 0.255 e. The van der Waals surface area contributed by atoms with E-state index in [0.29, 0.717) is 12.1 Å². The summed E-state index contributed by atoms with van der Waals surface area (Å²) in [5, 5.41) is 11.5. The molecular formula is C12H18N4O2. The van der Waals surface area contributed by atoms with Crippen molar-refractivity contribution in [2.45, 2.75) is 13.8 Å². The molecule has 3 N–H and O–H groups in total. The molecule has 1 heterocycles. The van der Waals surface area contributed by atoms with Crippen LogP contribution in [0.5, 0.6) is 0 Å². The first-order valence-electron chi connectivity index (χ1n) is 5.61. The number of oxime groups is 1. The number of hydrogen-bond acceptors (Lipinski definition) is 4. The second-order valence-electron chi connectivity index (χ2n) is 4.30. The van der Waals surface area contributed by atoms with Gasteiger partial charge in [-0.05, 0) is 19.1 Å². The van der Waals surface area contributed by atoms with Crippen LogP contribution in [0.4, 0.5) is 0 Å². The van der Waals surface area contributed by atoms with Gasteiger partial charge in [0.1, 0.15) is 5.84 Å². The van der Waals surface area contributed by atoms with Crippen molar-refractivity contribution in [3.8, 4) is 0 Å². The minimum absolute atomic E-state index is 0.108. The highest BCUT2D eigenvalue weighted by Crippen LogP contribution is 2.06. The summed E-state index contributed by atoms with van der Waals surface area (Å²) in [5.74, 6) is -0.237. The number of carbonyl (C=O) groups is 1. The van der Waals surface area contributed by atoms with Crippen molar-refractivity contribution < 1.29 is 10.0 Å². The Morgan fingerprint density at radius 2 is 2.28 bits per heavy atom. The lowest BCUT2D eigenvalue weighted by Crippen LogP contribution is -2.36. The zero-order valence-electron chi connectivity index (χ0n) is 10.8. The van der Waals surface area contributed by atoms with E-state index in [0.717, 1.165) is 5.69 Å². The van der Waals surface area contributed by atoms with E-state index in [1.807, 2.05) is 6.92 Å². The molecule has 6 heteroatoms. The van der Waals surface area contributed by atoms with E-state index in [9.17, 15) is 4.79 Å². The zero-order valence-corrected chi connectivity index (χ0v) is 10.8. The molecule has 0 saturated carbocycles. The molecule has 1 amide bonds. The van der Waals surface area contributed by atoms with E-state index in [4.69, 9.17) is 10.9 Å². The van der Waals surface area contributed by atoms with Gasteiger partial charge in [0.25, 0.3) is 5.91 Å². The number of aromatic nitrogens is 1. The Morgan fingerprint density at radius 1 is 1.61 bits per heavy atom. The molecule has 0 aliphatic carbocycles. The molecule has 98 valence electrons. The van der Waals surface area contributed by atoms with Crippen LogP contribution in [-0.2, 0) is 0 Å². The lowest BCUT2D eigenvalue weighted by atomic mass is 10.1. The fraction of sp³-hybridized carbons (Fsp3) is 0.417. The molecule has 1 unspecified atom stereocenters. The molecule has 1 aromatic heterocycles. The molecule has 0 spiro atoms. The minimum atomic E-state index is -0.206. The standard InChI is InChI=1S/C12H18N4O2/c1-8(11(13)15-18)7-16(3)12(17)10-5-4-9(2)14-6-10/h4-6,8,18H,7H2,1-3H3,(H2,13,15). The molecule has 18 heavy (non-hydrogen) atoms. The van der Waals surface area contributed by atoms with E-state index >= 15 is 0 Å². The first-order chi connectivity index (χ1) is 8.45. The quantitative estimate of drug-likeness (QED) is 0.358. The summed E-state index contributed by atoms with van der Waals surface area (Å²) in [6, 6.07) is 3.52. The molecule has 1 rings (SSSR count). The maximum absolute atomic E-state index is 12.0. The molecule has 1 aromatic rings. The van der Waals surface area contributed by atoms with E-state index in [2.05, 4.69) is 10.1 Å². The fourth-order valence-electron chi connectivity index (χ4n) is 1.50. The first-order valence-corrected chi connectivity index (χ1v) is 5.61. The summed E-state index contributed by atoms with van der Waals surface area (Å²) >= 11 is 0. The predicted octanol–water partition coefficient (Wildman–Crippen LogP) is 0.845. The summed E-state index contributed by atoms with van der Waals surface area (Å²) in [5.41, 5.74) is 6.86. The third-order valence-electron chi connectivity index (χ3n) is 2.67. The number of pyridine rings is 1. The highest BCUT2D eigenvalue weighted by atomic mass is 16.4. The third-order valence-corrected chi connectivity index (χ3v) is 2.67. The van der Waals surface area contributed by atoms with Gasteiger partial charge in [-0.25, -0.2) is 0 Å². The van der Waals surface area contributed by atoms with E-state index in [-0.39, 0.29) is 17.7 Å². The summed E-state index contributed by atoms with van der Waals surface area (Å²) in [4.78, 5) is 17.6. The number of carbonyl (C=O) groups excluding carboxylic acids is 1. The van der Waals surface area contributed by atoms with Gasteiger partial charge in [0.05, 0.1) is 5.56 Å². The zero-order chi connectivity index (χ0) is 13.7. The van der Waals surface area contributed by atoms with Gasteiger partial charge in [-0.1, -0.05) is 12.1 Å². The summed E-state index contributed by atoms with van der Waals surface area (Å²) < 4.78 is 0. The highest BCUT2D eigenvalue weighted by molar-refractivity contribution is 5.94. The van der Waals surface area contributed by atoms with Crippen LogP contribution in [0.25, 0.3) is 0 Å². The molecule has 0 aliphatic heterocycles.